The van der Waals surface area contributed by atoms with Crippen molar-refractivity contribution in [3.8, 4) is 0 Å². The predicted octanol–water partition coefficient (Wildman–Crippen LogP) is 2.38. The molecule has 108 valence electrons. The molecule has 1 aliphatic rings. The first-order chi connectivity index (χ1) is 9.63. The average molecular weight is 273 g/mol. The van der Waals surface area contributed by atoms with Gasteiger partial charge in [-0.05, 0) is 57.4 Å². The first-order valence-corrected chi connectivity index (χ1v) is 7.48. The minimum absolute atomic E-state index is 0.217. The Morgan fingerprint density at radius 3 is 3.15 bits per heavy atom. The van der Waals surface area contributed by atoms with E-state index in [0.717, 1.165) is 25.2 Å². The Hall–Kier alpha value is -1.39. The molecule has 0 aromatic carbocycles. The number of likely N-dealkylation sites (tertiary alicyclic amines) is 1. The summed E-state index contributed by atoms with van der Waals surface area (Å²) in [5.74, 6) is 0. The fourth-order valence-corrected chi connectivity index (χ4v) is 3.22. The van der Waals surface area contributed by atoms with Crippen molar-refractivity contribution in [3.05, 3.63) is 35.8 Å². The summed E-state index contributed by atoms with van der Waals surface area (Å²) in [6.07, 6.45) is 7.16. The Labute approximate surface area is 120 Å². The van der Waals surface area contributed by atoms with E-state index in [1.165, 1.54) is 24.1 Å². The second kappa shape index (κ2) is 5.54. The van der Waals surface area contributed by atoms with Gasteiger partial charge in [-0.3, -0.25) is 4.90 Å². The monoisotopic (exact) mass is 273 g/mol. The first kappa shape index (κ1) is 13.6. The van der Waals surface area contributed by atoms with Crippen molar-refractivity contribution in [2.24, 2.45) is 0 Å². The second-order valence-corrected chi connectivity index (χ2v) is 6.03. The summed E-state index contributed by atoms with van der Waals surface area (Å²) < 4.78 is 2.17. The van der Waals surface area contributed by atoms with Crippen LogP contribution in [-0.4, -0.2) is 38.1 Å². The summed E-state index contributed by atoms with van der Waals surface area (Å²) in [7, 11) is 0. The molecule has 2 aromatic heterocycles. The SMILES string of the molecule is Cc1ccn2c(CN3CCCC3CC(C)O)cnc2c1. The van der Waals surface area contributed by atoms with Gasteiger partial charge in [0.25, 0.3) is 0 Å². The lowest BCUT2D eigenvalue weighted by molar-refractivity contribution is 0.130. The molecule has 1 aliphatic heterocycles. The molecule has 0 aliphatic carbocycles. The van der Waals surface area contributed by atoms with E-state index in [1.54, 1.807) is 0 Å². The minimum atomic E-state index is -0.217. The van der Waals surface area contributed by atoms with Gasteiger partial charge in [0, 0.05) is 18.8 Å². The van der Waals surface area contributed by atoms with Gasteiger partial charge in [0.15, 0.2) is 0 Å². The number of nitrogens with zero attached hydrogens (tertiary/aromatic N) is 3. The van der Waals surface area contributed by atoms with E-state index in [1.807, 2.05) is 13.1 Å². The van der Waals surface area contributed by atoms with Crippen molar-refractivity contribution in [3.63, 3.8) is 0 Å². The maximum absolute atomic E-state index is 9.61. The maximum Gasteiger partial charge on any atom is 0.137 e. The highest BCUT2D eigenvalue weighted by Gasteiger charge is 2.26. The van der Waals surface area contributed by atoms with Crippen LogP contribution in [0.25, 0.3) is 5.65 Å². The Bertz CT molecular complexity index is 590. The van der Waals surface area contributed by atoms with Crippen LogP contribution in [0, 0.1) is 6.92 Å². The van der Waals surface area contributed by atoms with Crippen LogP contribution in [0.4, 0.5) is 0 Å². The Morgan fingerprint density at radius 2 is 2.35 bits per heavy atom. The maximum atomic E-state index is 9.61. The van der Waals surface area contributed by atoms with E-state index in [4.69, 9.17) is 0 Å². The van der Waals surface area contributed by atoms with Crippen LogP contribution < -0.4 is 0 Å². The highest BCUT2D eigenvalue weighted by Crippen LogP contribution is 2.24. The Balaban J connectivity index is 1.78. The van der Waals surface area contributed by atoms with Gasteiger partial charge in [0.2, 0.25) is 0 Å². The topological polar surface area (TPSA) is 40.8 Å². The largest absolute Gasteiger partial charge is 0.393 e. The van der Waals surface area contributed by atoms with Gasteiger partial charge in [-0.25, -0.2) is 4.98 Å². The zero-order valence-corrected chi connectivity index (χ0v) is 12.3. The lowest BCUT2D eigenvalue weighted by atomic mass is 10.1. The highest BCUT2D eigenvalue weighted by molar-refractivity contribution is 5.42. The average Bonchev–Trinajstić information content (AvgIpc) is 2.97. The van der Waals surface area contributed by atoms with Gasteiger partial charge in [0.1, 0.15) is 5.65 Å². The number of hydrogen-bond acceptors (Lipinski definition) is 3. The number of imidazole rings is 1. The minimum Gasteiger partial charge on any atom is -0.393 e. The van der Waals surface area contributed by atoms with E-state index in [2.05, 4.69) is 39.5 Å². The lowest BCUT2D eigenvalue weighted by Crippen LogP contribution is -2.31. The molecule has 4 heteroatoms. The molecule has 1 fully saturated rings. The smallest absolute Gasteiger partial charge is 0.137 e. The van der Waals surface area contributed by atoms with Crippen LogP contribution in [-0.2, 0) is 6.54 Å². The van der Waals surface area contributed by atoms with Crippen molar-refractivity contribution < 1.29 is 5.11 Å². The number of aliphatic hydroxyl groups is 1. The van der Waals surface area contributed by atoms with Crippen molar-refractivity contribution in [2.75, 3.05) is 6.54 Å². The fraction of sp³-hybridized carbons (Fsp3) is 0.562. The van der Waals surface area contributed by atoms with Gasteiger partial charge in [-0.2, -0.15) is 0 Å². The quantitative estimate of drug-likeness (QED) is 0.930. The molecule has 20 heavy (non-hydrogen) atoms. The zero-order valence-electron chi connectivity index (χ0n) is 12.3. The molecule has 0 radical (unpaired) electrons. The number of fused-ring (bicyclic) bond motifs is 1. The molecule has 3 rings (SSSR count). The summed E-state index contributed by atoms with van der Waals surface area (Å²) in [5, 5.41) is 9.61. The van der Waals surface area contributed by atoms with Crippen molar-refractivity contribution in [2.45, 2.75) is 51.8 Å². The standard InChI is InChI=1S/C16H23N3O/c1-12-5-7-19-15(10-17-16(19)8-12)11-18-6-3-4-14(18)9-13(2)20/h5,7-8,10,13-14,20H,3-4,6,9,11H2,1-2H3. The van der Waals surface area contributed by atoms with Crippen LogP contribution in [0.5, 0.6) is 0 Å². The summed E-state index contributed by atoms with van der Waals surface area (Å²) in [4.78, 5) is 6.98. The molecular formula is C16H23N3O. The van der Waals surface area contributed by atoms with E-state index in [0.29, 0.717) is 6.04 Å². The molecule has 0 bridgehead atoms. The van der Waals surface area contributed by atoms with Crippen molar-refractivity contribution in [1.29, 1.82) is 0 Å². The second-order valence-electron chi connectivity index (χ2n) is 6.03. The third-order valence-corrected chi connectivity index (χ3v) is 4.22. The van der Waals surface area contributed by atoms with Crippen molar-refractivity contribution in [1.82, 2.24) is 14.3 Å². The molecule has 1 N–H and O–H groups in total. The third-order valence-electron chi connectivity index (χ3n) is 4.22. The molecule has 1 saturated heterocycles. The molecule has 2 aromatic rings. The Kier molecular flexibility index (Phi) is 3.76. The van der Waals surface area contributed by atoms with Crippen LogP contribution in [0.3, 0.4) is 0 Å². The first-order valence-electron chi connectivity index (χ1n) is 7.48. The molecule has 2 atom stereocenters. The summed E-state index contributed by atoms with van der Waals surface area (Å²) in [6.45, 7) is 6.01. The van der Waals surface area contributed by atoms with Gasteiger partial charge >= 0.3 is 0 Å². The lowest BCUT2D eigenvalue weighted by Gasteiger charge is -2.25. The molecule has 4 nitrogen and oxygen atoms in total. The van der Waals surface area contributed by atoms with E-state index in [-0.39, 0.29) is 6.10 Å². The van der Waals surface area contributed by atoms with Crippen molar-refractivity contribution >= 4 is 5.65 Å². The number of aliphatic hydroxyl groups excluding tert-OH is 1. The molecule has 0 spiro atoms. The van der Waals surface area contributed by atoms with Crippen LogP contribution in [0.2, 0.25) is 0 Å². The molecule has 3 heterocycles. The summed E-state index contributed by atoms with van der Waals surface area (Å²) >= 11 is 0. The van der Waals surface area contributed by atoms with E-state index in [9.17, 15) is 5.11 Å². The normalized spacial score (nSPS) is 21.6. The molecule has 0 saturated carbocycles. The third kappa shape index (κ3) is 2.72. The number of aromatic nitrogens is 2. The van der Waals surface area contributed by atoms with E-state index < -0.39 is 0 Å². The summed E-state index contributed by atoms with van der Waals surface area (Å²) in [5.41, 5.74) is 3.49. The number of pyridine rings is 1. The van der Waals surface area contributed by atoms with Gasteiger partial charge in [-0.15, -0.1) is 0 Å². The fourth-order valence-electron chi connectivity index (χ4n) is 3.22. The number of aryl methyl sites for hydroxylation is 1. The highest BCUT2D eigenvalue weighted by atomic mass is 16.3. The number of hydrogen-bond donors (Lipinski definition) is 1. The molecule has 0 amide bonds. The molecule has 2 unspecified atom stereocenters. The predicted molar refractivity (Wildman–Crippen MR) is 79.7 cm³/mol. The van der Waals surface area contributed by atoms with Crippen LogP contribution in [0.1, 0.15) is 37.4 Å². The van der Waals surface area contributed by atoms with E-state index >= 15 is 0 Å². The van der Waals surface area contributed by atoms with Crippen LogP contribution >= 0.6 is 0 Å². The zero-order chi connectivity index (χ0) is 14.1. The number of rotatable bonds is 4. The Morgan fingerprint density at radius 1 is 1.50 bits per heavy atom. The molecular weight excluding hydrogens is 250 g/mol. The summed E-state index contributed by atoms with van der Waals surface area (Å²) in [6, 6.07) is 4.74. The van der Waals surface area contributed by atoms with Crippen LogP contribution in [0.15, 0.2) is 24.5 Å². The van der Waals surface area contributed by atoms with Gasteiger partial charge in [-0.1, -0.05) is 0 Å². The van der Waals surface area contributed by atoms with Gasteiger partial charge in [0.05, 0.1) is 18.0 Å². The van der Waals surface area contributed by atoms with Gasteiger partial charge < -0.3 is 9.51 Å².